The molecule has 198 valence electrons. The summed E-state index contributed by atoms with van der Waals surface area (Å²) in [5.74, 6) is -0.208. The topological polar surface area (TPSA) is 107 Å². The molecule has 2 heterocycles. The molecule has 1 saturated heterocycles. The molecule has 0 atom stereocenters. The summed E-state index contributed by atoms with van der Waals surface area (Å²) >= 11 is 0. The minimum absolute atomic E-state index is 0.00393. The van der Waals surface area contributed by atoms with E-state index >= 15 is 0 Å². The van der Waals surface area contributed by atoms with Crippen LogP contribution in [-0.4, -0.2) is 59.5 Å². The van der Waals surface area contributed by atoms with Crippen LogP contribution in [0.1, 0.15) is 39.2 Å². The molecule has 4 rings (SSSR count). The van der Waals surface area contributed by atoms with Crippen LogP contribution in [0.3, 0.4) is 0 Å². The van der Waals surface area contributed by atoms with E-state index in [0.29, 0.717) is 48.8 Å². The molecular weight excluding hydrogens is 482 g/mol. The van der Waals surface area contributed by atoms with E-state index in [0.717, 1.165) is 5.56 Å². The Labute approximate surface area is 223 Å². The van der Waals surface area contributed by atoms with Gasteiger partial charge < -0.3 is 24.6 Å². The van der Waals surface area contributed by atoms with E-state index in [-0.39, 0.29) is 24.3 Å². The van der Waals surface area contributed by atoms with Gasteiger partial charge in [0.25, 0.3) is 0 Å². The number of para-hydroxylation sites is 2. The lowest BCUT2D eigenvalue weighted by atomic mass is 10.0. The molecule has 2 aliphatic heterocycles. The van der Waals surface area contributed by atoms with Crippen LogP contribution in [0.25, 0.3) is 0 Å². The number of ether oxygens (including phenoxy) is 2. The van der Waals surface area contributed by atoms with Crippen LogP contribution in [0.4, 0.5) is 16.2 Å². The van der Waals surface area contributed by atoms with Crippen LogP contribution in [-0.2, 0) is 20.9 Å². The molecule has 9 heteroatoms. The van der Waals surface area contributed by atoms with E-state index in [9.17, 15) is 14.9 Å². The van der Waals surface area contributed by atoms with Crippen LogP contribution < -0.4 is 5.32 Å². The van der Waals surface area contributed by atoms with E-state index in [4.69, 9.17) is 14.5 Å². The first kappa shape index (κ1) is 26.7. The van der Waals surface area contributed by atoms with Crippen LogP contribution in [0.5, 0.6) is 0 Å². The lowest BCUT2D eigenvalue weighted by molar-refractivity contribution is -0.139. The van der Waals surface area contributed by atoms with Gasteiger partial charge in [0.05, 0.1) is 11.4 Å². The molecule has 0 aromatic heterocycles. The number of nitrogens with one attached hydrogen (secondary N) is 1. The van der Waals surface area contributed by atoms with Crippen molar-refractivity contribution >= 4 is 29.3 Å². The maximum atomic E-state index is 13.0. The zero-order valence-corrected chi connectivity index (χ0v) is 22.2. The highest BCUT2D eigenvalue weighted by Gasteiger charge is 2.33. The number of anilines is 1. The third-order valence-electron chi connectivity index (χ3n) is 6.39. The number of carbonyl (C=O) groups is 2. The van der Waals surface area contributed by atoms with Gasteiger partial charge in [-0.05, 0) is 51.3 Å². The number of hydrogen-bond donors (Lipinski definition) is 1. The fraction of sp³-hybridized carbons (Fsp3) is 0.379. The second-order valence-corrected chi connectivity index (χ2v) is 10.3. The average Bonchev–Trinajstić information content (AvgIpc) is 2.91. The maximum absolute atomic E-state index is 13.0. The quantitative estimate of drug-likeness (QED) is 0.347. The lowest BCUT2D eigenvalue weighted by Gasteiger charge is -2.39. The number of nitriles is 1. The zero-order chi connectivity index (χ0) is 27.3. The molecule has 0 unspecified atom stereocenters. The molecule has 1 fully saturated rings. The number of amidine groups is 1. The third-order valence-corrected chi connectivity index (χ3v) is 6.39. The number of amides is 1. The van der Waals surface area contributed by atoms with Gasteiger partial charge in [-0.3, -0.25) is 0 Å². The van der Waals surface area contributed by atoms with Crippen molar-refractivity contribution in [3.8, 4) is 6.07 Å². The highest BCUT2D eigenvalue weighted by molar-refractivity contribution is 6.12. The van der Waals surface area contributed by atoms with Crippen molar-refractivity contribution in [3.63, 3.8) is 0 Å². The predicted molar refractivity (Wildman–Crippen MR) is 145 cm³/mol. The summed E-state index contributed by atoms with van der Waals surface area (Å²) in [4.78, 5) is 34.1. The van der Waals surface area contributed by atoms with Gasteiger partial charge in [-0.2, -0.15) is 5.26 Å². The summed E-state index contributed by atoms with van der Waals surface area (Å²) in [5.41, 5.74) is 1.87. The van der Waals surface area contributed by atoms with Crippen molar-refractivity contribution < 1.29 is 19.1 Å². The summed E-state index contributed by atoms with van der Waals surface area (Å²) < 4.78 is 11.0. The van der Waals surface area contributed by atoms with Gasteiger partial charge in [0.15, 0.2) is 11.4 Å². The third kappa shape index (κ3) is 6.32. The highest BCUT2D eigenvalue weighted by atomic mass is 16.6. The van der Waals surface area contributed by atoms with Gasteiger partial charge in [-0.25, -0.2) is 14.6 Å². The van der Waals surface area contributed by atoms with Crippen molar-refractivity contribution in [1.29, 1.82) is 5.26 Å². The summed E-state index contributed by atoms with van der Waals surface area (Å²) in [7, 11) is 1.76. The summed E-state index contributed by atoms with van der Waals surface area (Å²) in [6, 6.07) is 18.8. The van der Waals surface area contributed by atoms with Crippen molar-refractivity contribution in [3.05, 3.63) is 71.4 Å². The summed E-state index contributed by atoms with van der Waals surface area (Å²) in [6.07, 6.45) is 1.02. The Balaban J connectivity index is 1.55. The number of benzene rings is 2. The summed E-state index contributed by atoms with van der Waals surface area (Å²) in [6.45, 7) is 6.77. The Morgan fingerprint density at radius 1 is 1.11 bits per heavy atom. The Morgan fingerprint density at radius 3 is 2.42 bits per heavy atom. The number of nitrogens with zero attached hydrogens (tertiary/aromatic N) is 4. The van der Waals surface area contributed by atoms with E-state index in [1.807, 2.05) is 86.3 Å². The molecule has 2 aromatic rings. The monoisotopic (exact) mass is 515 g/mol. The van der Waals surface area contributed by atoms with Gasteiger partial charge in [-0.15, -0.1) is 0 Å². The molecule has 0 bridgehead atoms. The number of likely N-dealkylation sites (tertiary alicyclic amines) is 1. The SMILES string of the molecule is CN(C(=O)OC(C)(C)C)C1CCN(C2=Nc3ccccc3N/C2=C(/C#N)C(=O)OCc2ccccc2)CC1. The summed E-state index contributed by atoms with van der Waals surface area (Å²) in [5, 5.41) is 13.3. The largest absolute Gasteiger partial charge is 0.457 e. The Bertz CT molecular complexity index is 1280. The molecule has 2 aliphatic rings. The van der Waals surface area contributed by atoms with E-state index < -0.39 is 11.6 Å². The maximum Gasteiger partial charge on any atom is 0.410 e. The van der Waals surface area contributed by atoms with Gasteiger partial charge in [0.2, 0.25) is 0 Å². The van der Waals surface area contributed by atoms with Gasteiger partial charge in [0, 0.05) is 26.2 Å². The average molecular weight is 516 g/mol. The van der Waals surface area contributed by atoms with Crippen molar-refractivity contribution in [2.75, 3.05) is 25.5 Å². The van der Waals surface area contributed by atoms with Crippen LogP contribution >= 0.6 is 0 Å². The van der Waals surface area contributed by atoms with Crippen molar-refractivity contribution in [2.24, 2.45) is 4.99 Å². The minimum atomic E-state index is -0.717. The highest BCUT2D eigenvalue weighted by Crippen LogP contribution is 2.34. The minimum Gasteiger partial charge on any atom is -0.457 e. The molecule has 0 radical (unpaired) electrons. The predicted octanol–water partition coefficient (Wildman–Crippen LogP) is 4.99. The van der Waals surface area contributed by atoms with E-state index in [1.54, 1.807) is 11.9 Å². The number of rotatable bonds is 4. The Kier molecular flexibility index (Phi) is 8.01. The Morgan fingerprint density at radius 2 is 1.76 bits per heavy atom. The number of carbonyl (C=O) groups excluding carboxylic acids is 2. The molecule has 0 spiro atoms. The molecule has 9 nitrogen and oxygen atoms in total. The second-order valence-electron chi connectivity index (χ2n) is 10.3. The fourth-order valence-corrected chi connectivity index (χ4v) is 4.39. The molecule has 2 aromatic carbocycles. The molecule has 0 saturated carbocycles. The first-order valence-corrected chi connectivity index (χ1v) is 12.7. The second kappa shape index (κ2) is 11.4. The molecule has 0 aliphatic carbocycles. The van der Waals surface area contributed by atoms with Crippen LogP contribution in [0, 0.1) is 11.3 Å². The smallest absolute Gasteiger partial charge is 0.410 e. The molecule has 1 N–H and O–H groups in total. The fourth-order valence-electron chi connectivity index (χ4n) is 4.39. The lowest BCUT2D eigenvalue weighted by Crippen LogP contribution is -2.49. The zero-order valence-electron chi connectivity index (χ0n) is 22.2. The molecule has 1 amide bonds. The molecule has 38 heavy (non-hydrogen) atoms. The number of hydrogen-bond acceptors (Lipinski definition) is 8. The number of piperidine rings is 1. The van der Waals surface area contributed by atoms with E-state index in [2.05, 4.69) is 5.32 Å². The molecular formula is C29H33N5O4. The number of esters is 1. The normalized spacial score (nSPS) is 16.8. The van der Waals surface area contributed by atoms with Crippen molar-refractivity contribution in [2.45, 2.75) is 51.9 Å². The first-order valence-electron chi connectivity index (χ1n) is 12.7. The van der Waals surface area contributed by atoms with E-state index in [1.165, 1.54) is 0 Å². The van der Waals surface area contributed by atoms with Gasteiger partial charge in [-0.1, -0.05) is 42.5 Å². The number of aliphatic imine (C=N–C) groups is 1. The van der Waals surface area contributed by atoms with Crippen LogP contribution in [0.15, 0.2) is 70.9 Å². The standard InChI is InChI=1S/C29H33N5O4/c1-29(2,3)38-28(36)33(4)21-14-16-34(17-15-21)26-25(31-23-12-8-9-13-24(23)32-26)22(18-30)27(35)37-19-20-10-6-5-7-11-20/h5-13,21,31H,14-17,19H2,1-4H3/b25-22-. The number of fused-ring (bicyclic) bond motifs is 1. The Hall–Kier alpha value is -4.32. The van der Waals surface area contributed by atoms with Crippen molar-refractivity contribution in [1.82, 2.24) is 9.80 Å². The van der Waals surface area contributed by atoms with Gasteiger partial charge >= 0.3 is 12.1 Å². The first-order chi connectivity index (χ1) is 18.2. The van der Waals surface area contributed by atoms with Crippen LogP contribution in [0.2, 0.25) is 0 Å². The van der Waals surface area contributed by atoms with Gasteiger partial charge in [0.1, 0.15) is 24.0 Å².